The van der Waals surface area contributed by atoms with Crippen molar-refractivity contribution >= 4 is 62.3 Å². The molecule has 0 spiro atoms. The zero-order chi connectivity index (χ0) is 29.4. The minimum absolute atomic E-state index is 0.0285. The van der Waals surface area contributed by atoms with Crippen molar-refractivity contribution in [2.45, 2.75) is 32.4 Å². The van der Waals surface area contributed by atoms with Gasteiger partial charge in [-0.15, -0.1) is 0 Å². The summed E-state index contributed by atoms with van der Waals surface area (Å²) in [7, 11) is -4.05. The Morgan fingerprint density at radius 2 is 1.55 bits per heavy atom. The molecule has 40 heavy (non-hydrogen) atoms. The van der Waals surface area contributed by atoms with Gasteiger partial charge in [0.2, 0.25) is 21.8 Å². The van der Waals surface area contributed by atoms with Crippen molar-refractivity contribution in [3.05, 3.63) is 98.7 Å². The van der Waals surface area contributed by atoms with Crippen molar-refractivity contribution in [2.75, 3.05) is 23.7 Å². The molecule has 7 nitrogen and oxygen atoms in total. The first-order valence-corrected chi connectivity index (χ1v) is 15.4. The van der Waals surface area contributed by atoms with Gasteiger partial charge in [-0.3, -0.25) is 13.9 Å². The first-order valence-electron chi connectivity index (χ1n) is 12.4. The molecule has 1 N–H and O–H groups in total. The standard InChI is InChI=1S/C28H29Cl3FN3O4S/c1-3-13-33-28(37)26(14-19-7-5-4-6-8-19)34(17-20-9-11-21(32)12-10-20)27(36)18-35(40(2,38)39)25-16-23(30)22(29)15-24(25)31/h4-12,15-16,26H,3,13-14,17-18H2,1-2H3,(H,33,37)/t26-/m1/s1. The monoisotopic (exact) mass is 627 g/mol. The first kappa shape index (κ1) is 31.7. The zero-order valence-electron chi connectivity index (χ0n) is 21.9. The van der Waals surface area contributed by atoms with Crippen LogP contribution in [-0.4, -0.2) is 50.5 Å². The highest BCUT2D eigenvalue weighted by atomic mass is 35.5. The Balaban J connectivity index is 2.07. The summed E-state index contributed by atoms with van der Waals surface area (Å²) >= 11 is 18.5. The van der Waals surface area contributed by atoms with E-state index in [2.05, 4.69) is 5.32 Å². The normalized spacial score (nSPS) is 12.1. The molecule has 214 valence electrons. The average molecular weight is 629 g/mol. The van der Waals surface area contributed by atoms with E-state index in [9.17, 15) is 22.4 Å². The van der Waals surface area contributed by atoms with Gasteiger partial charge >= 0.3 is 0 Å². The summed E-state index contributed by atoms with van der Waals surface area (Å²) in [5, 5.41) is 2.98. The number of hydrogen-bond acceptors (Lipinski definition) is 4. The van der Waals surface area contributed by atoms with E-state index >= 15 is 0 Å². The third-order valence-corrected chi connectivity index (χ3v) is 8.18. The summed E-state index contributed by atoms with van der Waals surface area (Å²) in [5.41, 5.74) is 1.31. The van der Waals surface area contributed by atoms with Crippen molar-refractivity contribution < 1.29 is 22.4 Å². The van der Waals surface area contributed by atoms with Crippen molar-refractivity contribution in [3.8, 4) is 0 Å². The molecule has 0 heterocycles. The molecule has 0 bridgehead atoms. The SMILES string of the molecule is CCCNC(=O)[C@@H](Cc1ccccc1)N(Cc1ccc(F)cc1)C(=O)CN(c1cc(Cl)c(Cl)cc1Cl)S(C)(=O)=O. The van der Waals surface area contributed by atoms with E-state index in [0.717, 1.165) is 16.1 Å². The van der Waals surface area contributed by atoms with Crippen LogP contribution < -0.4 is 9.62 Å². The molecule has 3 aromatic rings. The Morgan fingerprint density at radius 3 is 2.15 bits per heavy atom. The Kier molecular flexibility index (Phi) is 11.2. The van der Waals surface area contributed by atoms with Crippen LogP contribution in [0.2, 0.25) is 15.1 Å². The van der Waals surface area contributed by atoms with Gasteiger partial charge in [0.15, 0.2) is 0 Å². The molecule has 12 heteroatoms. The maximum absolute atomic E-state index is 14.0. The van der Waals surface area contributed by atoms with Gasteiger partial charge in [0, 0.05) is 19.5 Å². The van der Waals surface area contributed by atoms with E-state index in [1.165, 1.54) is 41.3 Å². The lowest BCUT2D eigenvalue weighted by Gasteiger charge is -2.33. The van der Waals surface area contributed by atoms with Crippen LogP contribution in [0.3, 0.4) is 0 Å². The Morgan fingerprint density at radius 1 is 0.925 bits per heavy atom. The lowest BCUT2D eigenvalue weighted by molar-refractivity contribution is -0.140. The molecule has 0 aliphatic rings. The number of halogens is 4. The molecular weight excluding hydrogens is 600 g/mol. The fourth-order valence-corrected chi connectivity index (χ4v) is 5.55. The topological polar surface area (TPSA) is 86.8 Å². The third-order valence-electron chi connectivity index (χ3n) is 6.02. The summed E-state index contributed by atoms with van der Waals surface area (Å²) in [6, 6.07) is 16.2. The van der Waals surface area contributed by atoms with E-state index in [-0.39, 0.29) is 33.7 Å². The summed E-state index contributed by atoms with van der Waals surface area (Å²) in [6.45, 7) is 1.53. The number of carbonyl (C=O) groups excluding carboxylic acids is 2. The summed E-state index contributed by atoms with van der Waals surface area (Å²) in [6.07, 6.45) is 1.77. The van der Waals surface area contributed by atoms with Gasteiger partial charge in [-0.05, 0) is 41.8 Å². The second-order valence-electron chi connectivity index (χ2n) is 9.13. The molecule has 2 amide bonds. The number of amides is 2. The highest BCUT2D eigenvalue weighted by molar-refractivity contribution is 7.92. The fourth-order valence-electron chi connectivity index (χ4n) is 4.00. The predicted molar refractivity (Wildman–Crippen MR) is 158 cm³/mol. The molecule has 0 aliphatic heterocycles. The fraction of sp³-hybridized carbons (Fsp3) is 0.286. The minimum Gasteiger partial charge on any atom is -0.354 e. The van der Waals surface area contributed by atoms with Crippen molar-refractivity contribution in [1.29, 1.82) is 0 Å². The van der Waals surface area contributed by atoms with Gasteiger partial charge in [-0.1, -0.05) is 84.2 Å². The van der Waals surface area contributed by atoms with Crippen LogP contribution in [0.4, 0.5) is 10.1 Å². The van der Waals surface area contributed by atoms with Crippen LogP contribution in [-0.2, 0) is 32.6 Å². The quantitative estimate of drug-likeness (QED) is 0.260. The van der Waals surface area contributed by atoms with Crippen molar-refractivity contribution in [1.82, 2.24) is 10.2 Å². The van der Waals surface area contributed by atoms with Gasteiger partial charge in [-0.25, -0.2) is 12.8 Å². The van der Waals surface area contributed by atoms with E-state index in [4.69, 9.17) is 34.8 Å². The van der Waals surface area contributed by atoms with Gasteiger partial charge in [0.25, 0.3) is 0 Å². The van der Waals surface area contributed by atoms with Crippen LogP contribution in [0, 0.1) is 5.82 Å². The molecule has 0 fully saturated rings. The average Bonchev–Trinajstić information content (AvgIpc) is 2.91. The molecule has 0 saturated carbocycles. The maximum Gasteiger partial charge on any atom is 0.244 e. The largest absolute Gasteiger partial charge is 0.354 e. The minimum atomic E-state index is -4.05. The van der Waals surface area contributed by atoms with E-state index in [1.807, 2.05) is 37.3 Å². The second-order valence-corrected chi connectivity index (χ2v) is 12.3. The van der Waals surface area contributed by atoms with Crippen LogP contribution in [0.15, 0.2) is 66.7 Å². The maximum atomic E-state index is 14.0. The highest BCUT2D eigenvalue weighted by Gasteiger charge is 2.33. The molecule has 0 unspecified atom stereocenters. The third kappa shape index (κ3) is 8.57. The number of hydrogen-bond donors (Lipinski definition) is 1. The number of carbonyl (C=O) groups is 2. The van der Waals surface area contributed by atoms with E-state index in [0.29, 0.717) is 18.5 Å². The molecule has 0 aromatic heterocycles. The molecule has 0 saturated heterocycles. The zero-order valence-corrected chi connectivity index (χ0v) is 25.0. The molecule has 3 rings (SSSR count). The van der Waals surface area contributed by atoms with Crippen LogP contribution >= 0.6 is 34.8 Å². The molecule has 1 atom stereocenters. The predicted octanol–water partition coefficient (Wildman–Crippen LogP) is 5.72. The van der Waals surface area contributed by atoms with Crippen molar-refractivity contribution in [3.63, 3.8) is 0 Å². The molecule has 0 aliphatic carbocycles. The number of sulfonamides is 1. The van der Waals surface area contributed by atoms with E-state index in [1.54, 1.807) is 0 Å². The second kappa shape index (κ2) is 14.2. The van der Waals surface area contributed by atoms with Gasteiger partial charge in [-0.2, -0.15) is 0 Å². The molecule has 3 aromatic carbocycles. The lowest BCUT2D eigenvalue weighted by Crippen LogP contribution is -2.53. The van der Waals surface area contributed by atoms with Crippen LogP contribution in [0.25, 0.3) is 0 Å². The first-order chi connectivity index (χ1) is 18.9. The van der Waals surface area contributed by atoms with Gasteiger partial charge in [0.1, 0.15) is 18.4 Å². The smallest absolute Gasteiger partial charge is 0.244 e. The molecule has 0 radical (unpaired) electrons. The summed E-state index contributed by atoms with van der Waals surface area (Å²) in [5.74, 6) is -1.54. The number of rotatable bonds is 12. The number of benzene rings is 3. The number of nitrogens with zero attached hydrogens (tertiary/aromatic N) is 2. The molecular formula is C28H29Cl3FN3O4S. The van der Waals surface area contributed by atoms with Crippen molar-refractivity contribution in [2.24, 2.45) is 0 Å². The highest BCUT2D eigenvalue weighted by Crippen LogP contribution is 2.35. The van der Waals surface area contributed by atoms with Crippen LogP contribution in [0.5, 0.6) is 0 Å². The number of nitrogens with one attached hydrogen (secondary N) is 1. The Labute approximate surface area is 248 Å². The lowest BCUT2D eigenvalue weighted by atomic mass is 10.0. The van der Waals surface area contributed by atoms with Gasteiger partial charge < -0.3 is 10.2 Å². The summed E-state index contributed by atoms with van der Waals surface area (Å²) in [4.78, 5) is 28.7. The van der Waals surface area contributed by atoms with E-state index < -0.39 is 40.2 Å². The Hall–Kier alpha value is -2.85. The van der Waals surface area contributed by atoms with Gasteiger partial charge in [0.05, 0.1) is 27.0 Å². The van der Waals surface area contributed by atoms with Crippen LogP contribution in [0.1, 0.15) is 24.5 Å². The number of anilines is 1. The summed E-state index contributed by atoms with van der Waals surface area (Å²) < 4.78 is 40.2. The Bertz CT molecular complexity index is 1440.